The van der Waals surface area contributed by atoms with Crippen molar-refractivity contribution >= 4 is 21.8 Å². The van der Waals surface area contributed by atoms with Crippen LogP contribution in [0.2, 0.25) is 0 Å². The van der Waals surface area contributed by atoms with E-state index >= 15 is 0 Å². The molecule has 0 fully saturated rings. The first-order valence-corrected chi connectivity index (χ1v) is 14.1. The van der Waals surface area contributed by atoms with Crippen LogP contribution < -0.4 is 9.47 Å². The number of aromatic nitrogens is 2. The molecule has 6 rings (SSSR count). The van der Waals surface area contributed by atoms with Gasteiger partial charge in [0, 0.05) is 28.3 Å². The lowest BCUT2D eigenvalue weighted by Crippen LogP contribution is -2.25. The molecule has 0 unspecified atom stereocenters. The molecule has 6 heteroatoms. The fraction of sp³-hybridized carbons (Fsp3) is 0.135. The van der Waals surface area contributed by atoms with E-state index in [1.807, 2.05) is 97.1 Å². The predicted molar refractivity (Wildman–Crippen MR) is 168 cm³/mol. The van der Waals surface area contributed by atoms with Crippen LogP contribution in [0.5, 0.6) is 11.5 Å². The smallest absolute Gasteiger partial charge is 0.176 e. The van der Waals surface area contributed by atoms with E-state index in [2.05, 4.69) is 21.8 Å². The summed E-state index contributed by atoms with van der Waals surface area (Å²) in [5, 5.41) is 23.3. The molecule has 0 radical (unpaired) electrons. The van der Waals surface area contributed by atoms with Gasteiger partial charge in [-0.05, 0) is 48.5 Å². The van der Waals surface area contributed by atoms with Crippen LogP contribution in [0.15, 0.2) is 121 Å². The summed E-state index contributed by atoms with van der Waals surface area (Å²) >= 11 is 0. The van der Waals surface area contributed by atoms with Crippen molar-refractivity contribution in [2.45, 2.75) is 25.2 Å². The Morgan fingerprint density at radius 1 is 0.581 bits per heavy atom. The molecular formula is C37H30N2O4. The Morgan fingerprint density at radius 2 is 1.05 bits per heavy atom. The second kappa shape index (κ2) is 12.7. The van der Waals surface area contributed by atoms with Crippen LogP contribution in [0.4, 0.5) is 0 Å². The molecule has 6 nitrogen and oxygen atoms in total. The summed E-state index contributed by atoms with van der Waals surface area (Å²) in [6, 6.07) is 38.3. The highest BCUT2D eigenvalue weighted by Crippen LogP contribution is 2.32. The fourth-order valence-corrected chi connectivity index (χ4v) is 4.83. The van der Waals surface area contributed by atoms with Crippen molar-refractivity contribution in [2.24, 2.45) is 0 Å². The van der Waals surface area contributed by atoms with Gasteiger partial charge >= 0.3 is 0 Å². The molecule has 0 atom stereocenters. The Hall–Kier alpha value is -5.22. The van der Waals surface area contributed by atoms with Crippen LogP contribution in [0.1, 0.15) is 28.9 Å². The number of benzene rings is 4. The third kappa shape index (κ3) is 6.49. The summed E-state index contributed by atoms with van der Waals surface area (Å²) in [4.78, 5) is 9.32. The van der Waals surface area contributed by atoms with Gasteiger partial charge in [0.25, 0.3) is 0 Å². The zero-order chi connectivity index (χ0) is 29.5. The van der Waals surface area contributed by atoms with Crippen LogP contribution in [-0.2, 0) is 18.8 Å². The lowest BCUT2D eigenvalue weighted by Gasteiger charge is -2.24. The molecule has 0 bridgehead atoms. The maximum absolute atomic E-state index is 11.8. The summed E-state index contributed by atoms with van der Waals surface area (Å²) in [7, 11) is 0. The Morgan fingerprint density at radius 3 is 1.51 bits per heavy atom. The minimum absolute atomic E-state index is 0.0890. The molecule has 0 aliphatic rings. The van der Waals surface area contributed by atoms with Crippen LogP contribution in [0.25, 0.3) is 21.8 Å². The molecule has 0 saturated heterocycles. The van der Waals surface area contributed by atoms with E-state index in [0.717, 1.165) is 33.2 Å². The highest BCUT2D eigenvalue weighted by Gasteiger charge is 2.29. The van der Waals surface area contributed by atoms with Crippen LogP contribution >= 0.6 is 0 Å². The highest BCUT2D eigenvalue weighted by molar-refractivity contribution is 5.79. The first-order chi connectivity index (χ1) is 21.1. The molecule has 2 heterocycles. The van der Waals surface area contributed by atoms with Gasteiger partial charge < -0.3 is 19.7 Å². The lowest BCUT2D eigenvalue weighted by atomic mass is 9.86. The number of ether oxygens (including phenoxy) is 2. The van der Waals surface area contributed by atoms with E-state index < -0.39 is 5.60 Å². The summed E-state index contributed by atoms with van der Waals surface area (Å²) in [6.07, 6.45) is 0.252. The number of fused-ring (bicyclic) bond motifs is 2. The van der Waals surface area contributed by atoms with Gasteiger partial charge in [-0.1, -0.05) is 84.6 Å². The van der Waals surface area contributed by atoms with Gasteiger partial charge in [0.15, 0.2) is 5.60 Å². The summed E-state index contributed by atoms with van der Waals surface area (Å²) < 4.78 is 12.0. The molecule has 4 aromatic carbocycles. The zero-order valence-electron chi connectivity index (χ0n) is 23.5. The molecule has 0 aliphatic carbocycles. The van der Waals surface area contributed by atoms with Crippen molar-refractivity contribution < 1.29 is 19.7 Å². The summed E-state index contributed by atoms with van der Waals surface area (Å²) in [6.45, 7) is 0.552. The molecular weight excluding hydrogens is 536 g/mol. The minimum Gasteiger partial charge on any atom is -0.487 e. The van der Waals surface area contributed by atoms with E-state index in [4.69, 9.17) is 9.47 Å². The maximum atomic E-state index is 11.8. The van der Waals surface area contributed by atoms with Gasteiger partial charge in [0.05, 0.1) is 29.0 Å². The molecule has 0 aliphatic heterocycles. The summed E-state index contributed by atoms with van der Waals surface area (Å²) in [5.41, 5.74) is 3.08. The lowest BCUT2D eigenvalue weighted by molar-refractivity contribution is 0.145. The molecule has 2 aromatic heterocycles. The maximum Gasteiger partial charge on any atom is 0.176 e. The van der Waals surface area contributed by atoms with Gasteiger partial charge in [-0.25, -0.2) is 9.97 Å². The fourth-order valence-electron chi connectivity index (χ4n) is 4.83. The van der Waals surface area contributed by atoms with Gasteiger partial charge in [0.1, 0.15) is 24.7 Å². The van der Waals surface area contributed by atoms with Crippen molar-refractivity contribution in [3.05, 3.63) is 144 Å². The van der Waals surface area contributed by atoms with Crippen LogP contribution in [0.3, 0.4) is 0 Å². The number of para-hydroxylation sites is 2. The minimum atomic E-state index is -1.59. The number of aliphatic hydroxyl groups excluding tert-OH is 1. The average molecular weight is 567 g/mol. The average Bonchev–Trinajstić information content (AvgIpc) is 3.06. The van der Waals surface area contributed by atoms with Crippen molar-refractivity contribution in [2.75, 3.05) is 6.61 Å². The Kier molecular flexibility index (Phi) is 8.28. The van der Waals surface area contributed by atoms with E-state index in [1.54, 1.807) is 24.3 Å². The molecule has 0 saturated carbocycles. The molecule has 43 heavy (non-hydrogen) atoms. The normalized spacial score (nSPS) is 11.2. The van der Waals surface area contributed by atoms with Crippen molar-refractivity contribution in [1.29, 1.82) is 0 Å². The highest BCUT2D eigenvalue weighted by atomic mass is 16.5. The first kappa shape index (κ1) is 27.9. The topological polar surface area (TPSA) is 84.7 Å². The number of rotatable bonds is 9. The van der Waals surface area contributed by atoms with Crippen molar-refractivity contribution in [1.82, 2.24) is 9.97 Å². The number of aliphatic hydroxyl groups is 2. The second-order valence-corrected chi connectivity index (χ2v) is 10.1. The van der Waals surface area contributed by atoms with Crippen molar-refractivity contribution in [3.8, 4) is 23.3 Å². The molecule has 0 amide bonds. The second-order valence-electron chi connectivity index (χ2n) is 10.1. The van der Waals surface area contributed by atoms with Crippen LogP contribution in [0, 0.1) is 11.8 Å². The van der Waals surface area contributed by atoms with Crippen molar-refractivity contribution in [3.63, 3.8) is 0 Å². The third-order valence-electron chi connectivity index (χ3n) is 7.14. The predicted octanol–water partition coefficient (Wildman–Crippen LogP) is 6.56. The first-order valence-electron chi connectivity index (χ1n) is 14.1. The Balaban J connectivity index is 1.16. The van der Waals surface area contributed by atoms with Gasteiger partial charge in [0.2, 0.25) is 0 Å². The molecule has 6 aromatic rings. The summed E-state index contributed by atoms with van der Waals surface area (Å²) in [5.74, 6) is 7.15. The van der Waals surface area contributed by atoms with E-state index in [1.165, 1.54) is 0 Å². The Labute approximate surface area is 250 Å². The zero-order valence-corrected chi connectivity index (χ0v) is 23.5. The number of hydrogen-bond donors (Lipinski definition) is 2. The molecule has 212 valence electrons. The number of hydrogen-bond acceptors (Lipinski definition) is 6. The van der Waals surface area contributed by atoms with Gasteiger partial charge in [-0.2, -0.15) is 0 Å². The van der Waals surface area contributed by atoms with E-state index in [-0.39, 0.29) is 13.0 Å². The SMILES string of the molecule is OCCC#CC(O)(c1ccc(OCc2ccc3ccccc3n2)cc1)c1ccc(OCc2ccc3ccccc3n2)cc1. The monoisotopic (exact) mass is 566 g/mol. The number of pyridine rings is 2. The standard InChI is InChI=1S/C37H30N2O4/c40-24-6-5-23-37(41,29-13-19-33(20-14-29)42-25-31-17-11-27-7-1-3-9-35(27)38-31)30-15-21-34(22-16-30)43-26-32-18-12-28-8-2-4-10-36(28)39-32/h1-4,7-22,40-41H,6,24-26H2. The Bertz CT molecular complexity index is 1780. The molecule has 2 N–H and O–H groups in total. The third-order valence-corrected chi connectivity index (χ3v) is 7.14. The molecule has 0 spiro atoms. The quantitative estimate of drug-likeness (QED) is 0.193. The van der Waals surface area contributed by atoms with Gasteiger partial charge in [-0.15, -0.1) is 0 Å². The largest absolute Gasteiger partial charge is 0.487 e. The van der Waals surface area contributed by atoms with E-state index in [0.29, 0.717) is 35.8 Å². The van der Waals surface area contributed by atoms with E-state index in [9.17, 15) is 10.2 Å². The van der Waals surface area contributed by atoms with Crippen LogP contribution in [-0.4, -0.2) is 26.8 Å². The number of nitrogens with zero attached hydrogens (tertiary/aromatic N) is 2. The van der Waals surface area contributed by atoms with Gasteiger partial charge in [-0.3, -0.25) is 0 Å².